The SMILES string of the molecule is CN1CCCN(c2nc(NCc3ccccc3)nc(Nc3cc(-c4ccco4)[nH]n3)n2)CC1. The number of benzene rings is 1. The van der Waals surface area contributed by atoms with E-state index < -0.39 is 0 Å². The maximum atomic E-state index is 5.43. The summed E-state index contributed by atoms with van der Waals surface area (Å²) in [6.07, 6.45) is 2.69. The number of aromatic amines is 1. The van der Waals surface area contributed by atoms with E-state index >= 15 is 0 Å². The molecule has 0 radical (unpaired) electrons. The quantitative estimate of drug-likeness (QED) is 0.394. The summed E-state index contributed by atoms with van der Waals surface area (Å²) in [5, 5.41) is 13.8. The van der Waals surface area contributed by atoms with Gasteiger partial charge >= 0.3 is 0 Å². The van der Waals surface area contributed by atoms with E-state index in [0.717, 1.165) is 43.9 Å². The van der Waals surface area contributed by atoms with Crippen LogP contribution in [0.5, 0.6) is 0 Å². The zero-order valence-electron chi connectivity index (χ0n) is 18.5. The van der Waals surface area contributed by atoms with Gasteiger partial charge < -0.3 is 24.9 Å². The molecule has 0 bridgehead atoms. The van der Waals surface area contributed by atoms with Crippen LogP contribution in [-0.4, -0.2) is 63.3 Å². The number of hydrogen-bond donors (Lipinski definition) is 3. The number of likely N-dealkylation sites (N-methyl/N-ethyl adjacent to an activating group) is 1. The van der Waals surface area contributed by atoms with Crippen LogP contribution in [0.2, 0.25) is 0 Å². The van der Waals surface area contributed by atoms with Crippen molar-refractivity contribution in [3.05, 3.63) is 60.4 Å². The molecule has 170 valence electrons. The Kier molecular flexibility index (Phi) is 6.16. The first-order valence-electron chi connectivity index (χ1n) is 11.1. The molecule has 1 aliphatic heterocycles. The Hall–Kier alpha value is -3.92. The average molecular weight is 446 g/mol. The molecule has 0 unspecified atom stereocenters. The standard InChI is InChI=1S/C23H27N9O/c1-31-10-6-11-32(13-12-31)23-27-21(24-16-17-7-3-2-4-8-17)26-22(28-23)25-20-15-18(29-30-20)19-9-5-14-33-19/h2-5,7-9,14-15H,6,10-13,16H2,1H3,(H3,24,25,26,27,28,29,30). The number of furan rings is 1. The summed E-state index contributed by atoms with van der Waals surface area (Å²) >= 11 is 0. The van der Waals surface area contributed by atoms with Crippen LogP contribution in [0.1, 0.15) is 12.0 Å². The van der Waals surface area contributed by atoms with Gasteiger partial charge in [-0.05, 0) is 37.7 Å². The van der Waals surface area contributed by atoms with Crippen LogP contribution in [0.3, 0.4) is 0 Å². The second-order valence-corrected chi connectivity index (χ2v) is 8.03. The minimum Gasteiger partial charge on any atom is -0.463 e. The second kappa shape index (κ2) is 9.70. The van der Waals surface area contributed by atoms with E-state index in [1.165, 1.54) is 0 Å². The third kappa shape index (κ3) is 5.29. The summed E-state index contributed by atoms with van der Waals surface area (Å²) in [4.78, 5) is 18.5. The van der Waals surface area contributed by atoms with Gasteiger partial charge in [0.05, 0.1) is 6.26 Å². The molecule has 1 fully saturated rings. The number of rotatable bonds is 7. The molecule has 0 atom stereocenters. The van der Waals surface area contributed by atoms with Crippen molar-refractivity contribution >= 4 is 23.7 Å². The van der Waals surface area contributed by atoms with Crippen molar-refractivity contribution in [1.82, 2.24) is 30.0 Å². The van der Waals surface area contributed by atoms with Crippen LogP contribution in [0.4, 0.5) is 23.7 Å². The molecule has 3 aromatic heterocycles. The van der Waals surface area contributed by atoms with Gasteiger partial charge in [-0.2, -0.15) is 20.1 Å². The monoisotopic (exact) mass is 445 g/mol. The van der Waals surface area contributed by atoms with Gasteiger partial charge in [-0.25, -0.2) is 0 Å². The zero-order valence-corrected chi connectivity index (χ0v) is 18.5. The Morgan fingerprint density at radius 2 is 1.85 bits per heavy atom. The lowest BCUT2D eigenvalue weighted by atomic mass is 10.2. The number of hydrogen-bond acceptors (Lipinski definition) is 9. The maximum Gasteiger partial charge on any atom is 0.235 e. The molecule has 10 heteroatoms. The van der Waals surface area contributed by atoms with Gasteiger partial charge in [-0.3, -0.25) is 5.10 Å². The summed E-state index contributed by atoms with van der Waals surface area (Å²) in [5.74, 6) is 2.92. The van der Waals surface area contributed by atoms with Crippen LogP contribution < -0.4 is 15.5 Å². The molecule has 10 nitrogen and oxygen atoms in total. The highest BCUT2D eigenvalue weighted by Gasteiger charge is 2.18. The number of aromatic nitrogens is 5. The van der Waals surface area contributed by atoms with E-state index in [1.54, 1.807) is 6.26 Å². The Labute approximate surface area is 192 Å². The number of H-pyrrole nitrogens is 1. The van der Waals surface area contributed by atoms with Gasteiger partial charge in [0.2, 0.25) is 17.8 Å². The maximum absolute atomic E-state index is 5.43. The molecule has 1 saturated heterocycles. The van der Waals surface area contributed by atoms with Gasteiger partial charge in [0.15, 0.2) is 11.6 Å². The summed E-state index contributed by atoms with van der Waals surface area (Å²) in [6, 6.07) is 15.8. The highest BCUT2D eigenvalue weighted by atomic mass is 16.3. The van der Waals surface area contributed by atoms with Crippen molar-refractivity contribution in [2.75, 3.05) is 48.8 Å². The molecule has 0 amide bonds. The van der Waals surface area contributed by atoms with Crippen molar-refractivity contribution in [1.29, 1.82) is 0 Å². The minimum atomic E-state index is 0.436. The van der Waals surface area contributed by atoms with E-state index in [2.05, 4.69) is 54.8 Å². The first-order chi connectivity index (χ1) is 16.2. The molecule has 1 aliphatic rings. The Morgan fingerprint density at radius 1 is 0.970 bits per heavy atom. The summed E-state index contributed by atoms with van der Waals surface area (Å²) in [6.45, 7) is 4.42. The van der Waals surface area contributed by atoms with Gasteiger partial charge in [0.25, 0.3) is 0 Å². The van der Waals surface area contributed by atoms with Crippen molar-refractivity contribution in [2.45, 2.75) is 13.0 Å². The lowest BCUT2D eigenvalue weighted by Crippen LogP contribution is -2.30. The van der Waals surface area contributed by atoms with E-state index in [9.17, 15) is 0 Å². The lowest BCUT2D eigenvalue weighted by molar-refractivity contribution is 0.360. The molecule has 1 aromatic carbocycles. The van der Waals surface area contributed by atoms with Crippen LogP contribution in [0, 0.1) is 0 Å². The third-order valence-electron chi connectivity index (χ3n) is 5.52. The lowest BCUT2D eigenvalue weighted by Gasteiger charge is -2.21. The highest BCUT2D eigenvalue weighted by molar-refractivity contribution is 5.60. The van der Waals surface area contributed by atoms with Crippen LogP contribution in [0.15, 0.2) is 59.2 Å². The van der Waals surface area contributed by atoms with E-state index in [4.69, 9.17) is 14.4 Å². The average Bonchev–Trinajstić information content (AvgIpc) is 3.48. The largest absolute Gasteiger partial charge is 0.463 e. The fraction of sp³-hybridized carbons (Fsp3) is 0.304. The summed E-state index contributed by atoms with van der Waals surface area (Å²) in [7, 11) is 2.14. The molecular weight excluding hydrogens is 418 g/mol. The molecule has 0 spiro atoms. The van der Waals surface area contributed by atoms with E-state index in [0.29, 0.717) is 36.0 Å². The van der Waals surface area contributed by atoms with Crippen LogP contribution in [0.25, 0.3) is 11.5 Å². The van der Waals surface area contributed by atoms with Crippen LogP contribution in [-0.2, 0) is 6.54 Å². The second-order valence-electron chi connectivity index (χ2n) is 8.03. The van der Waals surface area contributed by atoms with Crippen LogP contribution >= 0.6 is 0 Å². The summed E-state index contributed by atoms with van der Waals surface area (Å²) in [5.41, 5.74) is 1.93. The van der Waals surface area contributed by atoms with Gasteiger partial charge in [-0.15, -0.1) is 0 Å². The highest BCUT2D eigenvalue weighted by Crippen LogP contribution is 2.23. The van der Waals surface area contributed by atoms with Gasteiger partial charge in [0, 0.05) is 32.2 Å². The third-order valence-corrected chi connectivity index (χ3v) is 5.52. The van der Waals surface area contributed by atoms with Crippen molar-refractivity contribution < 1.29 is 4.42 Å². The number of nitrogens with zero attached hydrogens (tertiary/aromatic N) is 6. The molecule has 0 aliphatic carbocycles. The topological polar surface area (TPSA) is 111 Å². The first kappa shape index (κ1) is 21.0. The Balaban J connectivity index is 1.39. The van der Waals surface area contributed by atoms with Crippen molar-refractivity contribution in [3.63, 3.8) is 0 Å². The zero-order chi connectivity index (χ0) is 22.5. The number of anilines is 4. The molecule has 33 heavy (non-hydrogen) atoms. The van der Waals surface area contributed by atoms with Crippen molar-refractivity contribution in [2.24, 2.45) is 0 Å². The molecule has 5 rings (SSSR count). The predicted octanol–water partition coefficient (Wildman–Crippen LogP) is 3.35. The summed E-state index contributed by atoms with van der Waals surface area (Å²) < 4.78 is 5.43. The Bertz CT molecular complexity index is 1160. The van der Waals surface area contributed by atoms with Crippen molar-refractivity contribution in [3.8, 4) is 11.5 Å². The molecule has 3 N–H and O–H groups in total. The van der Waals surface area contributed by atoms with E-state index in [-0.39, 0.29) is 0 Å². The van der Waals surface area contributed by atoms with E-state index in [1.807, 2.05) is 36.4 Å². The minimum absolute atomic E-state index is 0.436. The first-order valence-corrected chi connectivity index (χ1v) is 11.1. The fourth-order valence-corrected chi connectivity index (χ4v) is 3.72. The van der Waals surface area contributed by atoms with Gasteiger partial charge in [0.1, 0.15) is 5.69 Å². The molecule has 0 saturated carbocycles. The molecule has 4 heterocycles. The fourth-order valence-electron chi connectivity index (χ4n) is 3.72. The smallest absolute Gasteiger partial charge is 0.235 e. The Morgan fingerprint density at radius 3 is 2.70 bits per heavy atom. The normalized spacial score (nSPS) is 14.8. The molecular formula is C23H27N9O. The van der Waals surface area contributed by atoms with Gasteiger partial charge in [-0.1, -0.05) is 30.3 Å². The number of nitrogens with one attached hydrogen (secondary N) is 3. The predicted molar refractivity (Wildman–Crippen MR) is 127 cm³/mol. The molecule has 4 aromatic rings.